The first kappa shape index (κ1) is 20.2. The number of hydrogen-bond acceptors (Lipinski definition) is 6. The van der Waals surface area contributed by atoms with Gasteiger partial charge < -0.3 is 20.3 Å². The van der Waals surface area contributed by atoms with Crippen molar-refractivity contribution in [2.75, 3.05) is 44.9 Å². The molecule has 1 fully saturated rings. The summed E-state index contributed by atoms with van der Waals surface area (Å²) < 4.78 is 44.6. The van der Waals surface area contributed by atoms with E-state index in [9.17, 15) is 13.2 Å². The third kappa shape index (κ3) is 5.25. The molecule has 1 saturated carbocycles. The second-order valence-electron chi connectivity index (χ2n) is 7.04. The minimum atomic E-state index is -4.51. The van der Waals surface area contributed by atoms with Crippen molar-refractivity contribution >= 4 is 17.5 Å². The number of alkyl halides is 3. The number of benzene rings is 1. The molecule has 1 aromatic heterocycles. The summed E-state index contributed by atoms with van der Waals surface area (Å²) in [5.74, 6) is 1.10. The Bertz CT molecular complexity index is 822. The highest BCUT2D eigenvalue weighted by atomic mass is 19.4. The SMILES string of the molecule is COc1ccc(Nc2cc(C3CC3)nc(NCCN(C)C)n2)cc1C(F)(F)F. The largest absolute Gasteiger partial charge is 0.496 e. The number of halogens is 3. The number of methoxy groups -OCH3 is 1. The molecule has 0 bridgehead atoms. The van der Waals surface area contributed by atoms with E-state index < -0.39 is 11.7 Å². The Labute approximate surface area is 162 Å². The summed E-state index contributed by atoms with van der Waals surface area (Å²) in [6.07, 6.45) is -2.38. The molecule has 0 amide bonds. The summed E-state index contributed by atoms with van der Waals surface area (Å²) in [5.41, 5.74) is 0.350. The zero-order valence-corrected chi connectivity index (χ0v) is 16.1. The second-order valence-corrected chi connectivity index (χ2v) is 7.04. The summed E-state index contributed by atoms with van der Waals surface area (Å²) in [6.45, 7) is 1.48. The highest BCUT2D eigenvalue weighted by Gasteiger charge is 2.34. The average Bonchev–Trinajstić information content (AvgIpc) is 3.45. The summed E-state index contributed by atoms with van der Waals surface area (Å²) >= 11 is 0. The first-order valence-electron chi connectivity index (χ1n) is 9.06. The van der Waals surface area contributed by atoms with Gasteiger partial charge in [0.25, 0.3) is 0 Å². The lowest BCUT2D eigenvalue weighted by Gasteiger charge is -2.15. The van der Waals surface area contributed by atoms with Crippen molar-refractivity contribution in [3.05, 3.63) is 35.5 Å². The van der Waals surface area contributed by atoms with Gasteiger partial charge in [-0.1, -0.05) is 0 Å². The smallest absolute Gasteiger partial charge is 0.420 e. The maximum atomic E-state index is 13.3. The average molecular weight is 395 g/mol. The van der Waals surface area contributed by atoms with Gasteiger partial charge in [-0.15, -0.1) is 0 Å². The summed E-state index contributed by atoms with van der Waals surface area (Å²) in [6, 6.07) is 5.65. The molecule has 152 valence electrons. The van der Waals surface area contributed by atoms with Crippen LogP contribution in [0.4, 0.5) is 30.6 Å². The maximum absolute atomic E-state index is 13.3. The number of hydrogen-bond donors (Lipinski definition) is 2. The molecule has 0 spiro atoms. The Morgan fingerprint density at radius 2 is 1.93 bits per heavy atom. The molecule has 3 rings (SSSR count). The fourth-order valence-electron chi connectivity index (χ4n) is 2.74. The van der Waals surface area contributed by atoms with Crippen LogP contribution in [0.1, 0.15) is 30.0 Å². The molecule has 2 aromatic rings. The molecule has 2 N–H and O–H groups in total. The van der Waals surface area contributed by atoms with E-state index in [1.165, 1.54) is 19.2 Å². The Kier molecular flexibility index (Phi) is 5.93. The first-order valence-corrected chi connectivity index (χ1v) is 9.06. The fourth-order valence-corrected chi connectivity index (χ4v) is 2.74. The number of nitrogens with one attached hydrogen (secondary N) is 2. The van der Waals surface area contributed by atoms with Crippen LogP contribution in [0.5, 0.6) is 5.75 Å². The second kappa shape index (κ2) is 8.22. The molecule has 0 atom stereocenters. The van der Waals surface area contributed by atoms with Crippen molar-refractivity contribution in [2.45, 2.75) is 24.9 Å². The molecule has 1 aliphatic carbocycles. The van der Waals surface area contributed by atoms with Crippen LogP contribution in [-0.2, 0) is 6.18 Å². The highest BCUT2D eigenvalue weighted by Crippen LogP contribution is 2.41. The quantitative estimate of drug-likeness (QED) is 0.702. The van der Waals surface area contributed by atoms with Crippen molar-refractivity contribution in [2.24, 2.45) is 0 Å². The number of anilines is 3. The maximum Gasteiger partial charge on any atom is 0.420 e. The van der Waals surface area contributed by atoms with E-state index in [0.717, 1.165) is 31.1 Å². The molecule has 1 aromatic carbocycles. The third-order valence-corrected chi connectivity index (χ3v) is 4.36. The van der Waals surface area contributed by atoms with Crippen LogP contribution in [0.15, 0.2) is 24.3 Å². The number of ether oxygens (including phenoxy) is 1. The van der Waals surface area contributed by atoms with Crippen molar-refractivity contribution in [3.8, 4) is 5.75 Å². The van der Waals surface area contributed by atoms with Gasteiger partial charge in [0.15, 0.2) is 0 Å². The lowest BCUT2D eigenvalue weighted by molar-refractivity contribution is -0.138. The minimum Gasteiger partial charge on any atom is -0.496 e. The van der Waals surface area contributed by atoms with Crippen molar-refractivity contribution in [1.82, 2.24) is 14.9 Å². The summed E-state index contributed by atoms with van der Waals surface area (Å²) in [4.78, 5) is 11.0. The highest BCUT2D eigenvalue weighted by molar-refractivity contribution is 5.61. The first-order chi connectivity index (χ1) is 13.3. The normalized spacial score (nSPS) is 14.2. The zero-order valence-electron chi connectivity index (χ0n) is 16.1. The molecule has 0 unspecified atom stereocenters. The molecule has 0 saturated heterocycles. The van der Waals surface area contributed by atoms with Gasteiger partial charge in [0.2, 0.25) is 5.95 Å². The molecular formula is C19H24F3N5O. The van der Waals surface area contributed by atoms with E-state index in [2.05, 4.69) is 20.6 Å². The van der Waals surface area contributed by atoms with Crippen molar-refractivity contribution in [1.29, 1.82) is 0 Å². The topological polar surface area (TPSA) is 62.3 Å². The molecule has 1 aliphatic rings. The summed E-state index contributed by atoms with van der Waals surface area (Å²) in [7, 11) is 5.16. The Hall–Kier alpha value is -2.55. The van der Waals surface area contributed by atoms with Gasteiger partial charge in [0.1, 0.15) is 11.6 Å². The third-order valence-electron chi connectivity index (χ3n) is 4.36. The van der Waals surface area contributed by atoms with Gasteiger partial charge in [0, 0.05) is 30.8 Å². The number of aromatic nitrogens is 2. The van der Waals surface area contributed by atoms with E-state index in [1.807, 2.05) is 19.0 Å². The van der Waals surface area contributed by atoms with Gasteiger partial charge in [-0.2, -0.15) is 18.2 Å². The molecule has 0 aliphatic heterocycles. The molecule has 28 heavy (non-hydrogen) atoms. The monoisotopic (exact) mass is 395 g/mol. The zero-order chi connectivity index (χ0) is 20.3. The van der Waals surface area contributed by atoms with Crippen LogP contribution >= 0.6 is 0 Å². The van der Waals surface area contributed by atoms with Crippen LogP contribution in [0.2, 0.25) is 0 Å². The lowest BCUT2D eigenvalue weighted by atomic mass is 10.1. The van der Waals surface area contributed by atoms with E-state index in [4.69, 9.17) is 4.74 Å². The standard InChI is InChI=1S/C19H24F3N5O/c1-27(2)9-8-23-18-25-15(12-4-5-12)11-17(26-18)24-13-6-7-16(28-3)14(10-13)19(20,21)22/h6-7,10-12H,4-5,8-9H2,1-3H3,(H2,23,24,25,26). The number of nitrogens with zero attached hydrogens (tertiary/aromatic N) is 3. The van der Waals surface area contributed by atoms with Gasteiger partial charge in [0.05, 0.1) is 18.4 Å². The van der Waals surface area contributed by atoms with Crippen LogP contribution < -0.4 is 15.4 Å². The molecular weight excluding hydrogens is 371 g/mol. The van der Waals surface area contributed by atoms with Crippen LogP contribution in [-0.4, -0.2) is 49.2 Å². The van der Waals surface area contributed by atoms with Gasteiger partial charge >= 0.3 is 6.18 Å². The number of likely N-dealkylation sites (N-methyl/N-ethyl adjacent to an activating group) is 1. The molecule has 0 radical (unpaired) electrons. The van der Waals surface area contributed by atoms with Gasteiger partial charge in [-0.05, 0) is 45.1 Å². The Balaban J connectivity index is 1.84. The van der Waals surface area contributed by atoms with Crippen LogP contribution in [0, 0.1) is 0 Å². The number of rotatable bonds is 8. The van der Waals surface area contributed by atoms with E-state index in [1.54, 1.807) is 6.07 Å². The summed E-state index contributed by atoms with van der Waals surface area (Å²) in [5, 5.41) is 6.15. The Morgan fingerprint density at radius 3 is 2.54 bits per heavy atom. The van der Waals surface area contributed by atoms with E-state index >= 15 is 0 Å². The van der Waals surface area contributed by atoms with Crippen LogP contribution in [0.25, 0.3) is 0 Å². The van der Waals surface area contributed by atoms with Gasteiger partial charge in [-0.25, -0.2) is 4.98 Å². The molecule has 9 heteroatoms. The predicted molar refractivity (Wildman–Crippen MR) is 102 cm³/mol. The van der Waals surface area contributed by atoms with E-state index in [0.29, 0.717) is 24.2 Å². The minimum absolute atomic E-state index is 0.217. The molecule has 1 heterocycles. The predicted octanol–water partition coefficient (Wildman–Crippen LogP) is 4.10. The van der Waals surface area contributed by atoms with E-state index in [-0.39, 0.29) is 11.4 Å². The molecule has 6 nitrogen and oxygen atoms in total. The fraction of sp³-hybridized carbons (Fsp3) is 0.474. The van der Waals surface area contributed by atoms with Gasteiger partial charge in [-0.3, -0.25) is 0 Å². The Morgan fingerprint density at radius 1 is 1.18 bits per heavy atom. The van der Waals surface area contributed by atoms with Crippen molar-refractivity contribution in [3.63, 3.8) is 0 Å². The van der Waals surface area contributed by atoms with Crippen LogP contribution in [0.3, 0.4) is 0 Å². The van der Waals surface area contributed by atoms with Crippen molar-refractivity contribution < 1.29 is 17.9 Å². The lowest BCUT2D eigenvalue weighted by Crippen LogP contribution is -2.21.